The Morgan fingerprint density at radius 3 is 2.44 bits per heavy atom. The molecule has 2 aromatic rings. The molecule has 0 N–H and O–H groups in total. The zero-order chi connectivity index (χ0) is 13.1. The molecule has 1 aromatic carbocycles. The lowest BCUT2D eigenvalue weighted by atomic mass is 10.2. The molecule has 0 fully saturated rings. The molecule has 1 heterocycles. The third-order valence-electron chi connectivity index (χ3n) is 2.80. The first-order valence-electron chi connectivity index (χ1n) is 5.99. The molecule has 0 aliphatic carbocycles. The number of aromatic nitrogens is 2. The summed E-state index contributed by atoms with van der Waals surface area (Å²) in [5.74, 6) is 0. The topological polar surface area (TPSA) is 38.1 Å². The van der Waals surface area contributed by atoms with E-state index in [0.717, 1.165) is 23.5 Å². The largest absolute Gasteiger partial charge is 0.376 e. The minimum absolute atomic E-state index is 0.109. The van der Waals surface area contributed by atoms with Gasteiger partial charge in [0.2, 0.25) is 0 Å². The molecule has 0 saturated carbocycles. The van der Waals surface area contributed by atoms with Gasteiger partial charge in [0.1, 0.15) is 0 Å². The predicted molar refractivity (Wildman–Crippen MR) is 73.5 cm³/mol. The van der Waals surface area contributed by atoms with E-state index in [-0.39, 0.29) is 5.56 Å². The van der Waals surface area contributed by atoms with Crippen molar-refractivity contribution in [1.82, 2.24) is 9.78 Å². The molecule has 0 atom stereocenters. The minimum atomic E-state index is -0.109. The fraction of sp³-hybridized carbons (Fsp3) is 0.286. The van der Waals surface area contributed by atoms with Gasteiger partial charge in [-0.05, 0) is 18.6 Å². The Hall–Kier alpha value is -2.10. The first-order chi connectivity index (χ1) is 8.63. The zero-order valence-electron chi connectivity index (χ0n) is 10.9. The SMILES string of the molecule is CCc1nn(-c2ccccc2)c(=O)cc1N(C)C. The van der Waals surface area contributed by atoms with Gasteiger partial charge in [0.25, 0.3) is 5.56 Å². The van der Waals surface area contributed by atoms with Crippen molar-refractivity contribution in [3.63, 3.8) is 0 Å². The van der Waals surface area contributed by atoms with Crippen LogP contribution in [0.3, 0.4) is 0 Å². The molecule has 4 heteroatoms. The Morgan fingerprint density at radius 1 is 1.22 bits per heavy atom. The van der Waals surface area contributed by atoms with E-state index in [1.807, 2.05) is 56.3 Å². The van der Waals surface area contributed by atoms with Crippen molar-refractivity contribution in [1.29, 1.82) is 0 Å². The van der Waals surface area contributed by atoms with Crippen LogP contribution in [0, 0.1) is 0 Å². The summed E-state index contributed by atoms with van der Waals surface area (Å²) in [6.07, 6.45) is 0.792. The Morgan fingerprint density at radius 2 is 1.89 bits per heavy atom. The van der Waals surface area contributed by atoms with E-state index in [9.17, 15) is 4.79 Å². The van der Waals surface area contributed by atoms with Crippen LogP contribution in [0.1, 0.15) is 12.6 Å². The summed E-state index contributed by atoms with van der Waals surface area (Å²) in [4.78, 5) is 14.0. The van der Waals surface area contributed by atoms with Crippen LogP contribution in [-0.2, 0) is 6.42 Å². The van der Waals surface area contributed by atoms with Crippen molar-refractivity contribution >= 4 is 5.69 Å². The molecule has 4 nitrogen and oxygen atoms in total. The molecular weight excluding hydrogens is 226 g/mol. The molecule has 0 amide bonds. The summed E-state index contributed by atoms with van der Waals surface area (Å²) < 4.78 is 1.45. The molecule has 0 aliphatic heterocycles. The maximum absolute atomic E-state index is 12.1. The van der Waals surface area contributed by atoms with Crippen molar-refractivity contribution < 1.29 is 0 Å². The average Bonchev–Trinajstić information content (AvgIpc) is 2.39. The van der Waals surface area contributed by atoms with Gasteiger partial charge in [-0.25, -0.2) is 0 Å². The van der Waals surface area contributed by atoms with Crippen LogP contribution >= 0.6 is 0 Å². The molecule has 0 spiro atoms. The van der Waals surface area contributed by atoms with Crippen molar-refractivity contribution in [2.75, 3.05) is 19.0 Å². The summed E-state index contributed by atoms with van der Waals surface area (Å²) in [5, 5.41) is 4.44. The quantitative estimate of drug-likeness (QED) is 0.826. The normalized spacial score (nSPS) is 10.4. The smallest absolute Gasteiger partial charge is 0.273 e. The predicted octanol–water partition coefficient (Wildman–Crippen LogP) is 1.86. The number of aryl methyl sites for hydroxylation is 1. The standard InChI is InChI=1S/C14H17N3O/c1-4-12-13(16(2)3)10-14(18)17(15-12)11-8-6-5-7-9-11/h5-10H,4H2,1-3H3. The average molecular weight is 243 g/mol. The van der Waals surface area contributed by atoms with Crippen molar-refractivity contribution in [2.45, 2.75) is 13.3 Å². The number of para-hydroxylation sites is 1. The van der Waals surface area contributed by atoms with Crippen molar-refractivity contribution in [3.05, 3.63) is 52.4 Å². The summed E-state index contributed by atoms with van der Waals surface area (Å²) in [7, 11) is 3.84. The van der Waals surface area contributed by atoms with Gasteiger partial charge in [0.05, 0.1) is 17.1 Å². The van der Waals surface area contributed by atoms with Crippen LogP contribution in [0.4, 0.5) is 5.69 Å². The Balaban J connectivity index is 2.61. The van der Waals surface area contributed by atoms with Crippen molar-refractivity contribution in [3.8, 4) is 5.69 Å². The maximum Gasteiger partial charge on any atom is 0.273 e. The lowest BCUT2D eigenvalue weighted by Crippen LogP contribution is -2.25. The van der Waals surface area contributed by atoms with Gasteiger partial charge in [-0.1, -0.05) is 25.1 Å². The van der Waals surface area contributed by atoms with E-state index < -0.39 is 0 Å². The van der Waals surface area contributed by atoms with Gasteiger partial charge in [-0.15, -0.1) is 0 Å². The first kappa shape index (κ1) is 12.4. The molecule has 0 saturated heterocycles. The third-order valence-corrected chi connectivity index (χ3v) is 2.80. The van der Waals surface area contributed by atoms with Gasteiger partial charge in [-0.2, -0.15) is 9.78 Å². The van der Waals surface area contributed by atoms with E-state index in [1.54, 1.807) is 6.07 Å². The lowest BCUT2D eigenvalue weighted by Gasteiger charge is -2.17. The van der Waals surface area contributed by atoms with Gasteiger partial charge in [-0.3, -0.25) is 4.79 Å². The van der Waals surface area contributed by atoms with E-state index in [1.165, 1.54) is 4.68 Å². The van der Waals surface area contributed by atoms with Gasteiger partial charge >= 0.3 is 0 Å². The van der Waals surface area contributed by atoms with Crippen LogP contribution in [0.25, 0.3) is 5.69 Å². The summed E-state index contributed by atoms with van der Waals surface area (Å²) in [6, 6.07) is 11.1. The fourth-order valence-electron chi connectivity index (χ4n) is 1.88. The molecule has 0 aliphatic rings. The molecule has 18 heavy (non-hydrogen) atoms. The van der Waals surface area contributed by atoms with E-state index in [2.05, 4.69) is 5.10 Å². The molecule has 0 radical (unpaired) electrons. The van der Waals surface area contributed by atoms with Gasteiger partial charge < -0.3 is 4.90 Å². The second kappa shape index (κ2) is 5.04. The van der Waals surface area contributed by atoms with Crippen LogP contribution in [-0.4, -0.2) is 23.9 Å². The Kier molecular flexibility index (Phi) is 3.46. The molecule has 1 aromatic heterocycles. The number of hydrogen-bond donors (Lipinski definition) is 0. The highest BCUT2D eigenvalue weighted by molar-refractivity contribution is 5.49. The van der Waals surface area contributed by atoms with E-state index in [0.29, 0.717) is 0 Å². The highest BCUT2D eigenvalue weighted by Crippen LogP contribution is 2.15. The monoisotopic (exact) mass is 243 g/mol. The fourth-order valence-corrected chi connectivity index (χ4v) is 1.88. The van der Waals surface area contributed by atoms with Gasteiger partial charge in [0.15, 0.2) is 0 Å². The molecule has 2 rings (SSSR count). The summed E-state index contributed by atoms with van der Waals surface area (Å²) in [6.45, 7) is 2.04. The number of rotatable bonds is 3. The van der Waals surface area contributed by atoms with E-state index >= 15 is 0 Å². The first-order valence-corrected chi connectivity index (χ1v) is 5.99. The van der Waals surface area contributed by atoms with Crippen LogP contribution in [0.5, 0.6) is 0 Å². The summed E-state index contributed by atoms with van der Waals surface area (Å²) in [5.41, 5.74) is 2.49. The molecule has 0 bridgehead atoms. The lowest BCUT2D eigenvalue weighted by molar-refractivity contribution is 0.761. The van der Waals surface area contributed by atoms with Crippen LogP contribution < -0.4 is 10.5 Å². The Bertz CT molecular complexity index is 588. The highest BCUT2D eigenvalue weighted by Gasteiger charge is 2.09. The molecule has 94 valence electrons. The molecular formula is C14H17N3O. The van der Waals surface area contributed by atoms with Crippen LogP contribution in [0.15, 0.2) is 41.2 Å². The second-order valence-corrected chi connectivity index (χ2v) is 4.31. The second-order valence-electron chi connectivity index (χ2n) is 4.31. The van der Waals surface area contributed by atoms with Crippen LogP contribution in [0.2, 0.25) is 0 Å². The number of nitrogens with zero attached hydrogens (tertiary/aromatic N) is 3. The molecule has 0 unspecified atom stereocenters. The highest BCUT2D eigenvalue weighted by atomic mass is 16.1. The van der Waals surface area contributed by atoms with Crippen molar-refractivity contribution in [2.24, 2.45) is 0 Å². The number of benzene rings is 1. The number of hydrogen-bond acceptors (Lipinski definition) is 3. The minimum Gasteiger partial charge on any atom is -0.376 e. The van der Waals surface area contributed by atoms with Gasteiger partial charge in [0, 0.05) is 20.2 Å². The zero-order valence-corrected chi connectivity index (χ0v) is 10.9. The Labute approximate surface area is 106 Å². The van der Waals surface area contributed by atoms with E-state index in [4.69, 9.17) is 0 Å². The number of anilines is 1. The summed E-state index contributed by atoms with van der Waals surface area (Å²) >= 11 is 0. The maximum atomic E-state index is 12.1. The third kappa shape index (κ3) is 2.27.